The lowest BCUT2D eigenvalue weighted by Crippen LogP contribution is -2.61. The fraction of sp³-hybridized carbons (Fsp3) is 0.667. The van der Waals surface area contributed by atoms with E-state index in [1.165, 1.54) is 5.57 Å². The molecule has 0 saturated carbocycles. The number of quaternary nitrogens is 1. The molecule has 0 amide bonds. The van der Waals surface area contributed by atoms with E-state index in [2.05, 4.69) is 50.3 Å². The maximum atomic E-state index is 8.37. The van der Waals surface area contributed by atoms with E-state index in [0.717, 1.165) is 36.4 Å². The molecule has 112 valence electrons. The van der Waals surface area contributed by atoms with Gasteiger partial charge in [0.25, 0.3) is 0 Å². The highest BCUT2D eigenvalue weighted by molar-refractivity contribution is 5.85. The molecule has 2 aliphatic heterocycles. The lowest BCUT2D eigenvalue weighted by atomic mass is 10.0. The lowest BCUT2D eigenvalue weighted by molar-refractivity contribution is -0.894. The Morgan fingerprint density at radius 1 is 1.40 bits per heavy atom. The summed E-state index contributed by atoms with van der Waals surface area (Å²) in [7, 11) is 4.48. The molecule has 0 bridgehead atoms. The van der Waals surface area contributed by atoms with E-state index in [4.69, 9.17) is 11.1 Å². The second-order valence-corrected chi connectivity index (χ2v) is 6.62. The van der Waals surface area contributed by atoms with E-state index in [9.17, 15) is 0 Å². The summed E-state index contributed by atoms with van der Waals surface area (Å²) in [6.45, 7) is 8.12. The number of likely N-dealkylation sites (N-methyl/N-ethyl adjacent to an activating group) is 1. The smallest absolute Gasteiger partial charge is 0.116 e. The van der Waals surface area contributed by atoms with Crippen molar-refractivity contribution in [3.05, 3.63) is 23.4 Å². The van der Waals surface area contributed by atoms with Gasteiger partial charge in [-0.3, -0.25) is 5.41 Å². The Balaban J connectivity index is 1.95. The van der Waals surface area contributed by atoms with Crippen LogP contribution >= 0.6 is 0 Å². The van der Waals surface area contributed by atoms with Crippen LogP contribution in [-0.4, -0.2) is 67.6 Å². The van der Waals surface area contributed by atoms with E-state index in [1.54, 1.807) is 0 Å². The number of amidine groups is 1. The van der Waals surface area contributed by atoms with Crippen LogP contribution in [0, 0.1) is 5.41 Å². The SMILES string of the molecule is CC1=C(C)N[C@H](C(N)C(=N)N2CC[N+](C)(C)CC2)C=C1. The van der Waals surface area contributed by atoms with Crippen molar-refractivity contribution >= 4 is 5.84 Å². The molecule has 5 heteroatoms. The highest BCUT2D eigenvalue weighted by Crippen LogP contribution is 2.14. The number of hydrogen-bond acceptors (Lipinski definition) is 3. The van der Waals surface area contributed by atoms with Gasteiger partial charge in [-0.2, -0.15) is 0 Å². The Morgan fingerprint density at radius 2 is 2.00 bits per heavy atom. The minimum absolute atomic E-state index is 0.0237. The standard InChI is InChI=1S/C15H28N5/c1-11-5-6-13(18-12(11)2)14(16)15(17)19-7-9-20(3,4)10-8-19/h5-6,13-14,17-18H,7-10,16H2,1-4H3/q+1/t13-,14?/m0/s1. The van der Waals surface area contributed by atoms with E-state index in [-0.39, 0.29) is 12.1 Å². The molecule has 0 spiro atoms. The topological polar surface area (TPSA) is 65.1 Å². The molecule has 0 aromatic heterocycles. The quantitative estimate of drug-likeness (QED) is 0.392. The fourth-order valence-corrected chi connectivity index (χ4v) is 2.62. The Morgan fingerprint density at radius 3 is 2.55 bits per heavy atom. The predicted molar refractivity (Wildman–Crippen MR) is 83.6 cm³/mol. The molecule has 1 fully saturated rings. The molecular formula is C15H28N5+. The zero-order chi connectivity index (χ0) is 14.9. The van der Waals surface area contributed by atoms with Crippen LogP contribution in [0.15, 0.2) is 23.4 Å². The third-order valence-electron chi connectivity index (χ3n) is 4.52. The summed E-state index contributed by atoms with van der Waals surface area (Å²) in [6.07, 6.45) is 4.17. The van der Waals surface area contributed by atoms with E-state index in [1.807, 2.05) is 0 Å². The van der Waals surface area contributed by atoms with Gasteiger partial charge in [0.15, 0.2) is 0 Å². The van der Waals surface area contributed by atoms with E-state index in [0.29, 0.717) is 5.84 Å². The van der Waals surface area contributed by atoms with Gasteiger partial charge in [-0.1, -0.05) is 12.2 Å². The summed E-state index contributed by atoms with van der Waals surface area (Å²) in [5.41, 5.74) is 8.67. The van der Waals surface area contributed by atoms with Crippen molar-refractivity contribution in [2.75, 3.05) is 40.3 Å². The first-order chi connectivity index (χ1) is 9.30. The van der Waals surface area contributed by atoms with Crippen LogP contribution in [0.4, 0.5) is 0 Å². The largest absolute Gasteiger partial charge is 0.380 e. The number of nitrogens with zero attached hydrogens (tertiary/aromatic N) is 2. The molecule has 0 aliphatic carbocycles. The van der Waals surface area contributed by atoms with Crippen molar-refractivity contribution in [3.8, 4) is 0 Å². The minimum atomic E-state index is -0.289. The maximum absolute atomic E-state index is 8.37. The Bertz CT molecular complexity index is 439. The lowest BCUT2D eigenvalue weighted by Gasteiger charge is -2.41. The average molecular weight is 278 g/mol. The van der Waals surface area contributed by atoms with Gasteiger partial charge < -0.3 is 20.4 Å². The molecule has 0 aromatic rings. The van der Waals surface area contributed by atoms with Crippen LogP contribution in [0.3, 0.4) is 0 Å². The fourth-order valence-electron chi connectivity index (χ4n) is 2.62. The number of rotatable bonds is 2. The Kier molecular flexibility index (Phi) is 4.20. The van der Waals surface area contributed by atoms with Crippen LogP contribution in [0.25, 0.3) is 0 Å². The first-order valence-electron chi connectivity index (χ1n) is 7.33. The summed E-state index contributed by atoms with van der Waals surface area (Å²) in [5.74, 6) is 0.555. The Labute approximate surface area is 122 Å². The van der Waals surface area contributed by atoms with Crippen molar-refractivity contribution in [2.45, 2.75) is 25.9 Å². The van der Waals surface area contributed by atoms with Crippen molar-refractivity contribution in [3.63, 3.8) is 0 Å². The van der Waals surface area contributed by atoms with Crippen molar-refractivity contribution < 1.29 is 4.48 Å². The highest BCUT2D eigenvalue weighted by Gasteiger charge is 2.30. The van der Waals surface area contributed by atoms with Crippen LogP contribution in [0.1, 0.15) is 13.8 Å². The van der Waals surface area contributed by atoms with Gasteiger partial charge in [-0.05, 0) is 19.4 Å². The molecule has 2 heterocycles. The van der Waals surface area contributed by atoms with Gasteiger partial charge in [-0.15, -0.1) is 0 Å². The first kappa shape index (κ1) is 15.1. The molecule has 2 rings (SSSR count). The number of piperazine rings is 1. The Hall–Kier alpha value is -1.33. The summed E-state index contributed by atoms with van der Waals surface area (Å²) in [5, 5.41) is 11.8. The average Bonchev–Trinajstić information content (AvgIpc) is 2.40. The number of dihydropyridines is 1. The minimum Gasteiger partial charge on any atom is -0.380 e. The van der Waals surface area contributed by atoms with Gasteiger partial charge in [0.1, 0.15) is 5.84 Å². The highest BCUT2D eigenvalue weighted by atomic mass is 15.4. The number of hydrogen-bond donors (Lipinski definition) is 3. The number of nitrogens with two attached hydrogens (primary N) is 1. The second-order valence-electron chi connectivity index (χ2n) is 6.62. The van der Waals surface area contributed by atoms with Gasteiger partial charge in [0.05, 0.1) is 52.4 Å². The molecule has 2 atom stereocenters. The molecule has 0 radical (unpaired) electrons. The summed E-state index contributed by atoms with van der Waals surface area (Å²) >= 11 is 0. The molecule has 4 N–H and O–H groups in total. The summed E-state index contributed by atoms with van der Waals surface area (Å²) in [4.78, 5) is 2.13. The first-order valence-corrected chi connectivity index (χ1v) is 7.33. The van der Waals surface area contributed by atoms with Gasteiger partial charge in [0, 0.05) is 5.70 Å². The van der Waals surface area contributed by atoms with Gasteiger partial charge in [0.2, 0.25) is 0 Å². The summed E-state index contributed by atoms with van der Waals surface area (Å²) < 4.78 is 1.03. The second kappa shape index (κ2) is 5.58. The summed E-state index contributed by atoms with van der Waals surface area (Å²) in [6, 6.07) is -0.265. The molecule has 1 unspecified atom stereocenters. The molecule has 20 heavy (non-hydrogen) atoms. The van der Waals surface area contributed by atoms with Gasteiger partial charge in [-0.25, -0.2) is 0 Å². The normalized spacial score (nSPS) is 27.2. The predicted octanol–water partition coefficient (Wildman–Crippen LogP) is 0.505. The van der Waals surface area contributed by atoms with Gasteiger partial charge >= 0.3 is 0 Å². The van der Waals surface area contributed by atoms with Crippen molar-refractivity contribution in [1.82, 2.24) is 10.2 Å². The number of allylic oxidation sites excluding steroid dienone is 3. The van der Waals surface area contributed by atoms with Crippen molar-refractivity contribution in [2.24, 2.45) is 5.73 Å². The number of nitrogens with one attached hydrogen (secondary N) is 2. The molecule has 0 aromatic carbocycles. The molecule has 2 aliphatic rings. The van der Waals surface area contributed by atoms with Crippen LogP contribution in [0.5, 0.6) is 0 Å². The van der Waals surface area contributed by atoms with Crippen LogP contribution in [-0.2, 0) is 0 Å². The third kappa shape index (κ3) is 3.22. The van der Waals surface area contributed by atoms with E-state index < -0.39 is 0 Å². The maximum Gasteiger partial charge on any atom is 0.116 e. The van der Waals surface area contributed by atoms with Crippen LogP contribution in [0.2, 0.25) is 0 Å². The van der Waals surface area contributed by atoms with Crippen LogP contribution < -0.4 is 11.1 Å². The zero-order valence-electron chi connectivity index (χ0n) is 13.1. The molecule has 1 saturated heterocycles. The third-order valence-corrected chi connectivity index (χ3v) is 4.52. The molecular weight excluding hydrogens is 250 g/mol. The van der Waals surface area contributed by atoms with Crippen molar-refractivity contribution in [1.29, 1.82) is 5.41 Å². The molecule has 5 nitrogen and oxygen atoms in total. The monoisotopic (exact) mass is 278 g/mol. The zero-order valence-corrected chi connectivity index (χ0v) is 13.1. The van der Waals surface area contributed by atoms with E-state index >= 15 is 0 Å².